The molecule has 7 heteroatoms. The fourth-order valence-electron chi connectivity index (χ4n) is 3.33. The molecule has 0 atom stereocenters. The van der Waals surface area contributed by atoms with E-state index in [-0.39, 0.29) is 5.75 Å². The maximum atomic E-state index is 12.1. The van der Waals surface area contributed by atoms with Gasteiger partial charge in [-0.05, 0) is 49.2 Å². The van der Waals surface area contributed by atoms with Gasteiger partial charge in [0.05, 0.1) is 17.0 Å². The summed E-state index contributed by atoms with van der Waals surface area (Å²) in [5.74, 6) is 0.106. The lowest BCUT2D eigenvalue weighted by atomic mass is 10.1. The van der Waals surface area contributed by atoms with Gasteiger partial charge in [0.2, 0.25) is 10.0 Å². The Hall–Kier alpha value is -2.49. The van der Waals surface area contributed by atoms with E-state index in [4.69, 9.17) is 11.6 Å². The normalized spacial score (nSPS) is 11.5. The molecule has 1 heterocycles. The molecule has 5 nitrogen and oxygen atoms in total. The number of aryl methyl sites for hydroxylation is 1. The number of halogens is 1. The van der Waals surface area contributed by atoms with E-state index in [1.54, 1.807) is 18.2 Å². The van der Waals surface area contributed by atoms with E-state index >= 15 is 0 Å². The summed E-state index contributed by atoms with van der Waals surface area (Å²) in [6, 6.07) is 15.0. The molecule has 0 fully saturated rings. The van der Waals surface area contributed by atoms with Gasteiger partial charge in [0.25, 0.3) is 0 Å². The molecule has 28 heavy (non-hydrogen) atoms. The predicted octanol–water partition coefficient (Wildman–Crippen LogP) is 5.40. The number of nitriles is 1. The van der Waals surface area contributed by atoms with E-state index in [1.165, 1.54) is 0 Å². The van der Waals surface area contributed by atoms with E-state index < -0.39 is 10.0 Å². The average Bonchev–Trinajstić information content (AvgIpc) is 2.99. The Morgan fingerprint density at radius 1 is 1.14 bits per heavy atom. The zero-order valence-corrected chi connectivity index (χ0v) is 17.4. The summed E-state index contributed by atoms with van der Waals surface area (Å²) >= 11 is 6.13. The lowest BCUT2D eigenvalue weighted by molar-refractivity contribution is 0.598. The van der Waals surface area contributed by atoms with E-state index in [9.17, 15) is 13.7 Å². The highest BCUT2D eigenvalue weighted by atomic mass is 35.5. The number of aromatic nitrogens is 1. The molecule has 2 aromatic carbocycles. The largest absolute Gasteiger partial charge is 0.340 e. The summed E-state index contributed by atoms with van der Waals surface area (Å²) in [5.41, 5.74) is 3.68. The van der Waals surface area contributed by atoms with Crippen LogP contribution in [0.4, 0.5) is 5.69 Å². The van der Waals surface area contributed by atoms with Crippen molar-refractivity contribution in [3.63, 3.8) is 0 Å². The zero-order chi connectivity index (χ0) is 20.3. The summed E-state index contributed by atoms with van der Waals surface area (Å²) in [6.07, 6.45) is 1.44. The minimum absolute atomic E-state index is 0.106. The monoisotopic (exact) mass is 415 g/mol. The Bertz CT molecular complexity index is 1140. The van der Waals surface area contributed by atoms with Crippen LogP contribution in [-0.4, -0.2) is 18.7 Å². The number of hydrogen-bond acceptors (Lipinski definition) is 3. The molecule has 0 unspecified atom stereocenters. The second kappa shape index (κ2) is 8.26. The van der Waals surface area contributed by atoms with E-state index in [1.807, 2.05) is 38.1 Å². The number of benzene rings is 2. The van der Waals surface area contributed by atoms with Gasteiger partial charge in [0, 0.05) is 28.2 Å². The molecule has 3 rings (SSSR count). The van der Waals surface area contributed by atoms with Crippen LogP contribution in [-0.2, 0) is 16.6 Å². The van der Waals surface area contributed by atoms with Crippen molar-refractivity contribution >= 4 is 38.2 Å². The summed E-state index contributed by atoms with van der Waals surface area (Å²) in [7, 11) is -3.35. The van der Waals surface area contributed by atoms with Gasteiger partial charge in [-0.3, -0.25) is 4.72 Å². The van der Waals surface area contributed by atoms with Crippen LogP contribution in [0.2, 0.25) is 5.02 Å². The van der Waals surface area contributed by atoms with Crippen molar-refractivity contribution in [2.75, 3.05) is 10.5 Å². The number of anilines is 1. The molecule has 146 valence electrons. The molecule has 1 N–H and O–H groups in total. The highest BCUT2D eigenvalue weighted by Crippen LogP contribution is 2.35. The SMILES string of the molecule is CCCCS(=O)(=O)Nc1ccc(-c2c(C#N)c3cc(Cl)ccc3n2CC)cc1. The minimum atomic E-state index is -3.35. The quantitative estimate of drug-likeness (QED) is 0.561. The first kappa shape index (κ1) is 20.2. The van der Waals surface area contributed by atoms with Crippen LogP contribution < -0.4 is 4.72 Å². The van der Waals surface area contributed by atoms with Crippen LogP contribution >= 0.6 is 11.6 Å². The van der Waals surface area contributed by atoms with Gasteiger partial charge in [0.15, 0.2) is 0 Å². The lowest BCUT2D eigenvalue weighted by Crippen LogP contribution is -2.16. The minimum Gasteiger partial charge on any atom is -0.340 e. The molecule has 1 aromatic heterocycles. The van der Waals surface area contributed by atoms with Gasteiger partial charge >= 0.3 is 0 Å². The Balaban J connectivity index is 2.03. The average molecular weight is 416 g/mol. The fourth-order valence-corrected chi connectivity index (χ4v) is 4.77. The number of nitrogens with zero attached hydrogens (tertiary/aromatic N) is 2. The highest BCUT2D eigenvalue weighted by molar-refractivity contribution is 7.92. The number of rotatable bonds is 7. The maximum Gasteiger partial charge on any atom is 0.232 e. The molecule has 0 spiro atoms. The molecule has 0 bridgehead atoms. The van der Waals surface area contributed by atoms with Crippen LogP contribution in [0.5, 0.6) is 0 Å². The topological polar surface area (TPSA) is 74.9 Å². The first-order chi connectivity index (χ1) is 13.4. The van der Waals surface area contributed by atoms with Gasteiger partial charge in [-0.2, -0.15) is 5.26 Å². The summed E-state index contributed by atoms with van der Waals surface area (Å²) in [6.45, 7) is 4.67. The molecule has 0 aliphatic heterocycles. The Morgan fingerprint density at radius 2 is 1.86 bits per heavy atom. The molecule has 0 amide bonds. The smallest absolute Gasteiger partial charge is 0.232 e. The van der Waals surface area contributed by atoms with Crippen LogP contribution in [0.1, 0.15) is 32.3 Å². The third kappa shape index (κ3) is 4.01. The van der Waals surface area contributed by atoms with Crippen LogP contribution in [0.25, 0.3) is 22.2 Å². The van der Waals surface area contributed by atoms with Gasteiger partial charge < -0.3 is 4.57 Å². The van der Waals surface area contributed by atoms with Crippen molar-refractivity contribution in [1.29, 1.82) is 5.26 Å². The number of hydrogen-bond donors (Lipinski definition) is 1. The van der Waals surface area contributed by atoms with E-state index in [2.05, 4.69) is 15.4 Å². The van der Waals surface area contributed by atoms with Crippen molar-refractivity contribution in [2.24, 2.45) is 0 Å². The second-order valence-electron chi connectivity index (χ2n) is 6.59. The third-order valence-corrected chi connectivity index (χ3v) is 6.26. The molecule has 0 radical (unpaired) electrons. The Kier molecular flexibility index (Phi) is 5.97. The summed E-state index contributed by atoms with van der Waals surface area (Å²) in [5, 5.41) is 11.2. The lowest BCUT2D eigenvalue weighted by Gasteiger charge is -2.11. The number of fused-ring (bicyclic) bond motifs is 1. The molecule has 0 saturated carbocycles. The van der Waals surface area contributed by atoms with Crippen molar-refractivity contribution in [2.45, 2.75) is 33.2 Å². The van der Waals surface area contributed by atoms with E-state index in [0.717, 1.165) is 28.6 Å². The number of sulfonamides is 1. The Morgan fingerprint density at radius 3 is 2.46 bits per heavy atom. The summed E-state index contributed by atoms with van der Waals surface area (Å²) in [4.78, 5) is 0. The van der Waals surface area contributed by atoms with Crippen molar-refractivity contribution < 1.29 is 8.42 Å². The van der Waals surface area contributed by atoms with Crippen molar-refractivity contribution in [3.8, 4) is 17.3 Å². The zero-order valence-electron chi connectivity index (χ0n) is 15.9. The van der Waals surface area contributed by atoms with Gasteiger partial charge in [-0.15, -0.1) is 0 Å². The van der Waals surface area contributed by atoms with Crippen LogP contribution in [0.3, 0.4) is 0 Å². The fraction of sp³-hybridized carbons (Fsp3) is 0.286. The molecule has 0 aliphatic rings. The molecule has 0 saturated heterocycles. The van der Waals surface area contributed by atoms with E-state index in [0.29, 0.717) is 29.2 Å². The summed E-state index contributed by atoms with van der Waals surface area (Å²) < 4.78 is 28.9. The predicted molar refractivity (Wildman–Crippen MR) is 115 cm³/mol. The first-order valence-corrected chi connectivity index (χ1v) is 11.3. The molecule has 3 aromatic rings. The van der Waals surface area contributed by atoms with Crippen LogP contribution in [0, 0.1) is 11.3 Å². The van der Waals surface area contributed by atoms with Crippen LogP contribution in [0.15, 0.2) is 42.5 Å². The van der Waals surface area contributed by atoms with Crippen molar-refractivity contribution in [3.05, 3.63) is 53.1 Å². The van der Waals surface area contributed by atoms with Gasteiger partial charge in [-0.25, -0.2) is 8.42 Å². The maximum absolute atomic E-state index is 12.1. The molecular weight excluding hydrogens is 394 g/mol. The number of unbranched alkanes of at least 4 members (excludes halogenated alkanes) is 1. The second-order valence-corrected chi connectivity index (χ2v) is 8.87. The van der Waals surface area contributed by atoms with Gasteiger partial charge in [-0.1, -0.05) is 37.1 Å². The highest BCUT2D eigenvalue weighted by Gasteiger charge is 2.18. The standard InChI is InChI=1S/C21H22ClN3O2S/c1-3-5-12-28(26,27)24-17-9-6-15(7-10-17)21-19(14-23)18-13-16(22)8-11-20(18)25(21)4-2/h6-11,13,24H,3-5,12H2,1-2H3. The Labute approximate surface area is 170 Å². The molecular formula is C21H22ClN3O2S. The number of nitrogens with one attached hydrogen (secondary N) is 1. The van der Waals surface area contributed by atoms with Crippen molar-refractivity contribution in [1.82, 2.24) is 4.57 Å². The third-order valence-electron chi connectivity index (χ3n) is 4.65. The first-order valence-electron chi connectivity index (χ1n) is 9.23. The van der Waals surface area contributed by atoms with Gasteiger partial charge in [0.1, 0.15) is 6.07 Å². The molecule has 0 aliphatic carbocycles.